The van der Waals surface area contributed by atoms with Crippen molar-refractivity contribution in [3.8, 4) is 0 Å². The number of rotatable bonds is 39. The van der Waals surface area contributed by atoms with Gasteiger partial charge in [0.2, 0.25) is 30.1 Å². The molecule has 3 rings (SSSR count). The average molecular weight is 984 g/mol. The summed E-state index contributed by atoms with van der Waals surface area (Å²) < 4.78 is 122. The maximum Gasteiger partial charge on any atom is 0.474 e. The van der Waals surface area contributed by atoms with Gasteiger partial charge in [0.25, 0.3) is 0 Å². The van der Waals surface area contributed by atoms with Gasteiger partial charge >= 0.3 is 7.82 Å². The van der Waals surface area contributed by atoms with Crippen LogP contribution in [0.5, 0.6) is 0 Å². The van der Waals surface area contributed by atoms with E-state index in [1.54, 1.807) is 91.0 Å². The molecule has 3 N–H and O–H groups in total. The molecule has 0 spiro atoms. The Bertz CT molecular complexity index is 1850. The van der Waals surface area contributed by atoms with Gasteiger partial charge in [0.05, 0.1) is 55.2 Å². The van der Waals surface area contributed by atoms with Gasteiger partial charge < -0.3 is 0 Å². The number of nitrogens with one attached hydrogen (secondary N) is 3. The summed E-state index contributed by atoms with van der Waals surface area (Å²) in [6, 6.07) is 23.2. The van der Waals surface area contributed by atoms with Crippen molar-refractivity contribution < 1.29 is 43.4 Å². The van der Waals surface area contributed by atoms with E-state index in [1.165, 1.54) is 0 Å². The number of unbranched alkanes of at least 4 members (excludes halogenated alkanes) is 15. The molecule has 0 unspecified atom stereocenters. The summed E-state index contributed by atoms with van der Waals surface area (Å²) >= 11 is 0. The van der Waals surface area contributed by atoms with E-state index in [0.717, 1.165) is 96.3 Å². The molecular weight excluding hydrogens is 906 g/mol. The lowest BCUT2D eigenvalue weighted by molar-refractivity contribution is 0.0953. The molecule has 0 aliphatic carbocycles. The maximum absolute atomic E-state index is 15.0. The van der Waals surface area contributed by atoms with Crippen molar-refractivity contribution in [2.24, 2.45) is 0 Å². The monoisotopic (exact) mass is 983 g/mol. The van der Waals surface area contributed by atoms with E-state index in [2.05, 4.69) is 34.9 Å². The van der Waals surface area contributed by atoms with Gasteiger partial charge in [-0.1, -0.05) is 208 Å². The highest BCUT2D eigenvalue weighted by Crippen LogP contribution is 2.51. The highest BCUT2D eigenvalue weighted by molar-refractivity contribution is 7.90. The number of phosphoric ester groups is 1. The van der Waals surface area contributed by atoms with Crippen molar-refractivity contribution in [2.75, 3.05) is 37.1 Å². The molecule has 3 aromatic carbocycles. The summed E-state index contributed by atoms with van der Waals surface area (Å²) in [4.78, 5) is 0. The molecule has 17 heteroatoms. The van der Waals surface area contributed by atoms with Crippen LogP contribution in [0.1, 0.15) is 171 Å². The first kappa shape index (κ1) is 56.8. The summed E-state index contributed by atoms with van der Waals surface area (Å²) in [6.07, 6.45) is 16.2. The molecule has 0 aromatic heterocycles. The van der Waals surface area contributed by atoms with E-state index in [4.69, 9.17) is 13.6 Å². The largest absolute Gasteiger partial charge is 0.474 e. The molecule has 3 aromatic rings. The van der Waals surface area contributed by atoms with Crippen LogP contribution < -0.4 is 14.2 Å². The second kappa shape index (κ2) is 31.5. The number of phosphoric acid groups is 1. The minimum absolute atomic E-state index is 0.109. The van der Waals surface area contributed by atoms with Crippen molar-refractivity contribution in [1.82, 2.24) is 14.2 Å². The summed E-state index contributed by atoms with van der Waals surface area (Å²) in [5.41, 5.74) is 1.62. The maximum atomic E-state index is 15.0. The van der Waals surface area contributed by atoms with Crippen LogP contribution in [0.2, 0.25) is 0 Å². The Morgan fingerprint density at radius 2 is 0.615 bits per heavy atom. The fraction of sp³-hybridized carbons (Fsp3) is 0.625. The number of hydrogen-bond donors (Lipinski definition) is 3. The molecule has 65 heavy (non-hydrogen) atoms. The first-order valence-corrected chi connectivity index (χ1v) is 30.3. The molecule has 0 fully saturated rings. The Morgan fingerprint density at radius 1 is 0.385 bits per heavy atom. The van der Waals surface area contributed by atoms with Gasteiger partial charge in [-0.15, -0.1) is 0 Å². The van der Waals surface area contributed by atoms with Gasteiger partial charge in [0.15, 0.2) is 0 Å². The predicted octanol–water partition coefficient (Wildman–Crippen LogP) is 11.2. The van der Waals surface area contributed by atoms with E-state index >= 15 is 4.57 Å². The molecule has 0 bridgehead atoms. The van der Waals surface area contributed by atoms with Crippen LogP contribution in [0.25, 0.3) is 0 Å². The number of benzene rings is 3. The van der Waals surface area contributed by atoms with Crippen LogP contribution in [0.3, 0.4) is 0 Å². The minimum atomic E-state index is -4.75. The highest BCUT2D eigenvalue weighted by Gasteiger charge is 2.34. The lowest BCUT2D eigenvalue weighted by atomic mass is 10.1. The molecule has 0 aliphatic rings. The molecule has 0 aliphatic heterocycles. The predicted molar refractivity (Wildman–Crippen MR) is 264 cm³/mol. The van der Waals surface area contributed by atoms with Crippen LogP contribution >= 0.6 is 7.82 Å². The average Bonchev–Trinajstić information content (AvgIpc) is 3.29. The first-order valence-electron chi connectivity index (χ1n) is 23.9. The third kappa shape index (κ3) is 24.9. The van der Waals surface area contributed by atoms with Crippen LogP contribution in [-0.2, 0) is 48.2 Å². The zero-order valence-corrected chi connectivity index (χ0v) is 42.5. The third-order valence-corrected chi connectivity index (χ3v) is 16.9. The first-order chi connectivity index (χ1) is 31.2. The number of hydrogen-bond acceptors (Lipinski definition) is 10. The smallest absolute Gasteiger partial charge is 0.285 e. The zero-order valence-electron chi connectivity index (χ0n) is 39.1. The lowest BCUT2D eigenvalue weighted by Crippen LogP contribution is -2.35. The van der Waals surface area contributed by atoms with Gasteiger partial charge in [-0.3, -0.25) is 13.6 Å². The molecule has 368 valence electrons. The van der Waals surface area contributed by atoms with Crippen molar-refractivity contribution in [3.63, 3.8) is 0 Å². The second-order valence-corrected chi connectivity index (χ2v) is 24.1. The summed E-state index contributed by atoms with van der Waals surface area (Å²) in [6.45, 7) is 4.90. The van der Waals surface area contributed by atoms with Gasteiger partial charge in [-0.25, -0.2) is 44.0 Å². The van der Waals surface area contributed by atoms with Crippen LogP contribution in [0.4, 0.5) is 0 Å². The molecule has 0 heterocycles. The van der Waals surface area contributed by atoms with Crippen LogP contribution in [0.15, 0.2) is 91.0 Å². The van der Waals surface area contributed by atoms with E-state index in [0.29, 0.717) is 36.0 Å². The van der Waals surface area contributed by atoms with Crippen molar-refractivity contribution in [2.45, 2.75) is 154 Å². The standard InChI is InChI=1S/C48H78N3O10PS3/c1-4-7-10-13-16-28-37-63(53,54)49-46(43-31-22-19-23-32-43)40-59-62(52,60-41-47(44-33-24-20-25-34-44)50-64(55,56)38-29-17-14-11-8-5-2)61-42-48(45-35-26-21-27-36-45)51-65(57,58)39-30-18-15-12-9-6-3/h19-27,31-36,46-51H,4-18,28-30,37-42H2,1-3H3/t46-,47-,48-/m0/s1. The quantitative estimate of drug-likeness (QED) is 0.0367. The molecule has 0 amide bonds. The molecule has 3 atom stereocenters. The van der Waals surface area contributed by atoms with Crippen LogP contribution in [0, 0.1) is 0 Å². The molecule has 0 radical (unpaired) electrons. The van der Waals surface area contributed by atoms with Gasteiger partial charge in [-0.2, -0.15) is 0 Å². The van der Waals surface area contributed by atoms with Gasteiger partial charge in [0.1, 0.15) is 0 Å². The topological polar surface area (TPSA) is 183 Å². The van der Waals surface area contributed by atoms with Crippen molar-refractivity contribution in [1.29, 1.82) is 0 Å². The fourth-order valence-electron chi connectivity index (χ4n) is 7.30. The van der Waals surface area contributed by atoms with Gasteiger partial charge in [-0.05, 0) is 36.0 Å². The molecule has 13 nitrogen and oxygen atoms in total. The highest BCUT2D eigenvalue weighted by atomic mass is 32.2. The fourth-order valence-corrected chi connectivity index (χ4v) is 12.5. The summed E-state index contributed by atoms with van der Waals surface area (Å²) in [7, 11) is -16.3. The van der Waals surface area contributed by atoms with Gasteiger partial charge in [0, 0.05) is 0 Å². The van der Waals surface area contributed by atoms with E-state index in [9.17, 15) is 25.3 Å². The number of sulfonamides is 3. The third-order valence-electron chi connectivity index (χ3n) is 11.1. The Balaban J connectivity index is 1.92. The molecular formula is C48H78N3O10PS3. The summed E-state index contributed by atoms with van der Waals surface area (Å²) in [5, 5.41) is 0. The summed E-state index contributed by atoms with van der Waals surface area (Å²) in [5.74, 6) is -0.326. The normalized spacial score (nSPS) is 14.0. The zero-order chi connectivity index (χ0) is 47.3. The van der Waals surface area contributed by atoms with E-state index in [-0.39, 0.29) is 17.3 Å². The Labute approximate surface area is 392 Å². The Hall–Kier alpha value is -2.50. The minimum Gasteiger partial charge on any atom is -0.285 e. The SMILES string of the molecule is CCCCCCCCS(=O)(=O)N[C@@H](COP(=O)(OC[C@H](NS(=O)(=O)CCCCCCCC)c1ccccc1)OC[C@H](NS(=O)(=O)CCCCCCCC)c1ccccc1)c1ccccc1. The van der Waals surface area contributed by atoms with Crippen molar-refractivity contribution in [3.05, 3.63) is 108 Å². The lowest BCUT2D eigenvalue weighted by Gasteiger charge is -2.27. The molecule has 0 saturated heterocycles. The molecule has 0 saturated carbocycles. The van der Waals surface area contributed by atoms with Crippen LogP contribution in [-0.4, -0.2) is 62.3 Å². The second-order valence-electron chi connectivity index (χ2n) is 16.8. The van der Waals surface area contributed by atoms with Crippen molar-refractivity contribution >= 4 is 37.9 Å². The van der Waals surface area contributed by atoms with E-state index in [1.807, 2.05) is 0 Å². The van der Waals surface area contributed by atoms with E-state index < -0.39 is 75.8 Å². The Kier molecular flexibility index (Phi) is 27.6. The Morgan fingerprint density at radius 3 is 0.862 bits per heavy atom.